The minimum absolute atomic E-state index is 0.0333. The highest BCUT2D eigenvalue weighted by atomic mass is 32.2. The molecule has 104 valence electrons. The van der Waals surface area contributed by atoms with E-state index >= 15 is 0 Å². The Labute approximate surface area is 122 Å². The molecule has 0 amide bonds. The van der Waals surface area contributed by atoms with Crippen LogP contribution in [0.4, 0.5) is 4.39 Å². The van der Waals surface area contributed by atoms with Crippen molar-refractivity contribution in [3.63, 3.8) is 0 Å². The van der Waals surface area contributed by atoms with Gasteiger partial charge in [-0.2, -0.15) is 0 Å². The van der Waals surface area contributed by atoms with Gasteiger partial charge < -0.3 is 4.74 Å². The third-order valence-corrected chi connectivity index (χ3v) is 3.84. The highest BCUT2D eigenvalue weighted by Gasteiger charge is 2.06. The Morgan fingerprint density at radius 2 is 1.75 bits per heavy atom. The number of hydrogen-bond acceptors (Lipinski definition) is 3. The summed E-state index contributed by atoms with van der Waals surface area (Å²) in [6.07, 6.45) is 0.433. The van der Waals surface area contributed by atoms with Crippen LogP contribution in [0.3, 0.4) is 0 Å². The summed E-state index contributed by atoms with van der Waals surface area (Å²) in [6.45, 7) is 0. The largest absolute Gasteiger partial charge is 0.497 e. The van der Waals surface area contributed by atoms with Gasteiger partial charge in [0.25, 0.3) is 0 Å². The van der Waals surface area contributed by atoms with E-state index in [9.17, 15) is 9.18 Å². The van der Waals surface area contributed by atoms with Crippen LogP contribution in [-0.2, 0) is 0 Å². The van der Waals surface area contributed by atoms with Crippen LogP contribution in [-0.4, -0.2) is 18.6 Å². The van der Waals surface area contributed by atoms with Crippen LogP contribution in [0.25, 0.3) is 0 Å². The molecule has 0 unspecified atom stereocenters. The Morgan fingerprint density at radius 1 is 1.10 bits per heavy atom. The average Bonchev–Trinajstić information content (AvgIpc) is 2.48. The van der Waals surface area contributed by atoms with Crippen molar-refractivity contribution in [1.29, 1.82) is 0 Å². The van der Waals surface area contributed by atoms with Crippen molar-refractivity contribution >= 4 is 17.5 Å². The number of ether oxygens (including phenoxy) is 1. The molecule has 2 rings (SSSR count). The summed E-state index contributed by atoms with van der Waals surface area (Å²) in [5, 5.41) is 0. The summed E-state index contributed by atoms with van der Waals surface area (Å²) < 4.78 is 17.8. The molecule has 0 saturated heterocycles. The second-order valence-electron chi connectivity index (χ2n) is 4.20. The van der Waals surface area contributed by atoms with Crippen molar-refractivity contribution in [3.05, 3.63) is 59.9 Å². The number of Topliss-reactive ketones (excluding diaryl/α,β-unsaturated/α-hetero) is 1. The number of thioether (sulfide) groups is 1. The first-order valence-corrected chi connectivity index (χ1v) is 7.23. The van der Waals surface area contributed by atoms with Crippen LogP contribution in [0.1, 0.15) is 16.8 Å². The molecule has 0 aliphatic rings. The normalized spacial score (nSPS) is 10.3. The van der Waals surface area contributed by atoms with Crippen molar-refractivity contribution in [2.75, 3.05) is 12.9 Å². The molecule has 0 N–H and O–H groups in total. The molecule has 0 spiro atoms. The number of hydrogen-bond donors (Lipinski definition) is 0. The van der Waals surface area contributed by atoms with Crippen molar-refractivity contribution in [3.8, 4) is 5.75 Å². The molecule has 0 aromatic heterocycles. The molecule has 2 nitrogen and oxygen atoms in total. The molecule has 0 aliphatic heterocycles. The van der Waals surface area contributed by atoms with Crippen LogP contribution < -0.4 is 4.74 Å². The van der Waals surface area contributed by atoms with E-state index in [0.29, 0.717) is 17.7 Å². The third kappa shape index (κ3) is 4.10. The lowest BCUT2D eigenvalue weighted by Gasteiger charge is -2.03. The Morgan fingerprint density at radius 3 is 2.35 bits per heavy atom. The third-order valence-electron chi connectivity index (χ3n) is 2.82. The molecule has 0 aliphatic carbocycles. The highest BCUT2D eigenvalue weighted by molar-refractivity contribution is 7.99. The predicted octanol–water partition coefficient (Wildman–Crippen LogP) is 4.20. The lowest BCUT2D eigenvalue weighted by Crippen LogP contribution is -2.00. The van der Waals surface area contributed by atoms with Crippen LogP contribution >= 0.6 is 11.8 Å². The number of benzene rings is 2. The van der Waals surface area contributed by atoms with E-state index in [1.54, 1.807) is 18.9 Å². The van der Waals surface area contributed by atoms with E-state index in [1.165, 1.54) is 24.3 Å². The Hall–Kier alpha value is -1.81. The fourth-order valence-corrected chi connectivity index (χ4v) is 2.57. The molecule has 0 saturated carbocycles. The Balaban J connectivity index is 1.82. The quantitative estimate of drug-likeness (QED) is 0.589. The minimum Gasteiger partial charge on any atom is -0.497 e. The van der Waals surface area contributed by atoms with Gasteiger partial charge in [-0.15, -0.1) is 11.8 Å². The molecule has 0 heterocycles. The van der Waals surface area contributed by atoms with Gasteiger partial charge in [0, 0.05) is 22.6 Å². The zero-order valence-electron chi connectivity index (χ0n) is 11.1. The number of halogens is 1. The first-order valence-electron chi connectivity index (χ1n) is 6.24. The van der Waals surface area contributed by atoms with Crippen molar-refractivity contribution in [2.45, 2.75) is 11.3 Å². The summed E-state index contributed by atoms with van der Waals surface area (Å²) in [5.41, 5.74) is 0.557. The van der Waals surface area contributed by atoms with E-state index in [-0.39, 0.29) is 11.6 Å². The van der Waals surface area contributed by atoms with E-state index in [1.807, 2.05) is 24.3 Å². The first-order chi connectivity index (χ1) is 9.69. The van der Waals surface area contributed by atoms with Gasteiger partial charge >= 0.3 is 0 Å². The fourth-order valence-electron chi connectivity index (χ4n) is 1.71. The van der Waals surface area contributed by atoms with Gasteiger partial charge in [-0.3, -0.25) is 4.79 Å². The molecule has 0 radical (unpaired) electrons. The zero-order valence-corrected chi connectivity index (χ0v) is 12.0. The number of rotatable bonds is 6. The Bertz CT molecular complexity index is 564. The molecular formula is C16H15FO2S. The van der Waals surface area contributed by atoms with Gasteiger partial charge in [0.2, 0.25) is 0 Å². The second kappa shape index (κ2) is 7.10. The van der Waals surface area contributed by atoms with Gasteiger partial charge in [-0.1, -0.05) is 0 Å². The summed E-state index contributed by atoms with van der Waals surface area (Å²) >= 11 is 1.62. The fraction of sp³-hybridized carbons (Fsp3) is 0.188. The maximum absolute atomic E-state index is 12.8. The maximum Gasteiger partial charge on any atom is 0.163 e. The second-order valence-corrected chi connectivity index (χ2v) is 5.37. The average molecular weight is 290 g/mol. The van der Waals surface area contributed by atoms with Crippen molar-refractivity contribution in [1.82, 2.24) is 0 Å². The molecule has 0 fully saturated rings. The van der Waals surface area contributed by atoms with E-state index < -0.39 is 0 Å². The smallest absolute Gasteiger partial charge is 0.163 e. The lowest BCUT2D eigenvalue weighted by molar-refractivity contribution is 0.0989. The number of carbonyl (C=O) groups is 1. The maximum atomic E-state index is 12.8. The predicted molar refractivity (Wildman–Crippen MR) is 79.1 cm³/mol. The van der Waals surface area contributed by atoms with E-state index in [4.69, 9.17) is 4.74 Å². The van der Waals surface area contributed by atoms with Gasteiger partial charge in [-0.05, 0) is 48.5 Å². The summed E-state index contributed by atoms with van der Waals surface area (Å²) in [7, 11) is 1.63. The highest BCUT2D eigenvalue weighted by Crippen LogP contribution is 2.22. The SMILES string of the molecule is COc1ccc(SCCC(=O)c2ccc(F)cc2)cc1. The summed E-state index contributed by atoms with van der Waals surface area (Å²) in [6, 6.07) is 13.4. The Kier molecular flexibility index (Phi) is 5.18. The lowest BCUT2D eigenvalue weighted by atomic mass is 10.1. The first kappa shape index (κ1) is 14.6. The monoisotopic (exact) mass is 290 g/mol. The van der Waals surface area contributed by atoms with Gasteiger partial charge in [-0.25, -0.2) is 4.39 Å². The number of methoxy groups -OCH3 is 1. The van der Waals surface area contributed by atoms with E-state index in [0.717, 1.165) is 10.6 Å². The topological polar surface area (TPSA) is 26.3 Å². The van der Waals surface area contributed by atoms with Crippen LogP contribution in [0, 0.1) is 5.82 Å². The standard InChI is InChI=1S/C16H15FO2S/c1-19-14-6-8-15(9-7-14)20-11-10-16(18)12-2-4-13(17)5-3-12/h2-9H,10-11H2,1H3. The molecular weight excluding hydrogens is 275 g/mol. The molecule has 0 atom stereocenters. The molecule has 20 heavy (non-hydrogen) atoms. The number of ketones is 1. The minimum atomic E-state index is -0.325. The summed E-state index contributed by atoms with van der Waals surface area (Å²) in [5.74, 6) is 1.22. The van der Waals surface area contributed by atoms with Gasteiger partial charge in [0.1, 0.15) is 11.6 Å². The molecule has 2 aromatic carbocycles. The van der Waals surface area contributed by atoms with Crippen LogP contribution in [0.15, 0.2) is 53.4 Å². The van der Waals surface area contributed by atoms with E-state index in [2.05, 4.69) is 0 Å². The summed E-state index contributed by atoms with van der Waals surface area (Å²) in [4.78, 5) is 13.0. The zero-order chi connectivity index (χ0) is 14.4. The van der Waals surface area contributed by atoms with Crippen molar-refractivity contribution < 1.29 is 13.9 Å². The van der Waals surface area contributed by atoms with Crippen molar-refractivity contribution in [2.24, 2.45) is 0 Å². The molecule has 2 aromatic rings. The van der Waals surface area contributed by atoms with Crippen LogP contribution in [0.2, 0.25) is 0 Å². The molecule has 0 bridgehead atoms. The van der Waals surface area contributed by atoms with Gasteiger partial charge in [0.05, 0.1) is 7.11 Å². The van der Waals surface area contributed by atoms with Gasteiger partial charge in [0.15, 0.2) is 5.78 Å². The molecule has 4 heteroatoms. The number of carbonyl (C=O) groups excluding carboxylic acids is 1. The van der Waals surface area contributed by atoms with Crippen LogP contribution in [0.5, 0.6) is 5.75 Å².